The summed E-state index contributed by atoms with van der Waals surface area (Å²) in [5.74, 6) is -0.685. The minimum atomic E-state index is -0.911. The monoisotopic (exact) mass is 340 g/mol. The van der Waals surface area contributed by atoms with Crippen molar-refractivity contribution in [3.05, 3.63) is 48.0 Å². The fourth-order valence-corrected chi connectivity index (χ4v) is 2.79. The van der Waals surface area contributed by atoms with Crippen molar-refractivity contribution in [1.82, 2.24) is 5.32 Å². The lowest BCUT2D eigenvalue weighted by molar-refractivity contribution is -0.129. The molecule has 0 aliphatic heterocycles. The first kappa shape index (κ1) is 18.8. The number of ketones is 2. The molecule has 0 aliphatic carbocycles. The average molecular weight is 340 g/mol. The van der Waals surface area contributed by atoms with E-state index in [0.29, 0.717) is 12.8 Å². The first-order valence-electron chi connectivity index (χ1n) is 8.43. The molecule has 0 saturated heterocycles. The molecule has 2 atom stereocenters. The fourth-order valence-electron chi connectivity index (χ4n) is 2.79. The van der Waals surface area contributed by atoms with Crippen LogP contribution in [-0.2, 0) is 20.8 Å². The van der Waals surface area contributed by atoms with Crippen LogP contribution in [0.4, 0.5) is 0 Å². The van der Waals surface area contributed by atoms with Crippen molar-refractivity contribution in [3.8, 4) is 0 Å². The van der Waals surface area contributed by atoms with Crippen LogP contribution in [0.3, 0.4) is 0 Å². The van der Waals surface area contributed by atoms with Gasteiger partial charge in [0.25, 0.3) is 0 Å². The average Bonchev–Trinajstić information content (AvgIpc) is 2.58. The minimum absolute atomic E-state index is 0.0251. The Bertz CT molecular complexity index is 780. The molecule has 0 aliphatic rings. The SMILES string of the molecule is CC(=O)C[C@H](N)C(=O)N[C@@H](C)C(=O)CCc1cccc2ccccc12. The Labute approximate surface area is 147 Å². The number of amides is 1. The highest BCUT2D eigenvalue weighted by molar-refractivity contribution is 5.93. The molecule has 0 unspecified atom stereocenters. The summed E-state index contributed by atoms with van der Waals surface area (Å²) < 4.78 is 0. The number of rotatable bonds is 8. The summed E-state index contributed by atoms with van der Waals surface area (Å²) in [5, 5.41) is 4.87. The van der Waals surface area contributed by atoms with Gasteiger partial charge in [-0.3, -0.25) is 14.4 Å². The van der Waals surface area contributed by atoms with E-state index in [2.05, 4.69) is 5.32 Å². The van der Waals surface area contributed by atoms with Gasteiger partial charge in [0, 0.05) is 12.8 Å². The summed E-state index contributed by atoms with van der Waals surface area (Å²) in [6.45, 7) is 3.02. The van der Waals surface area contributed by atoms with E-state index < -0.39 is 18.0 Å². The van der Waals surface area contributed by atoms with E-state index >= 15 is 0 Å². The van der Waals surface area contributed by atoms with Crippen molar-refractivity contribution in [2.24, 2.45) is 5.73 Å². The number of carbonyl (C=O) groups is 3. The maximum absolute atomic E-state index is 12.3. The normalized spacial score (nSPS) is 13.2. The summed E-state index contributed by atoms with van der Waals surface area (Å²) >= 11 is 0. The lowest BCUT2D eigenvalue weighted by atomic mass is 9.98. The van der Waals surface area contributed by atoms with Gasteiger partial charge in [0.2, 0.25) is 5.91 Å². The predicted molar refractivity (Wildman–Crippen MR) is 98.2 cm³/mol. The first-order valence-corrected chi connectivity index (χ1v) is 8.43. The van der Waals surface area contributed by atoms with Crippen LogP contribution in [0.15, 0.2) is 42.5 Å². The van der Waals surface area contributed by atoms with Gasteiger partial charge in [-0.05, 0) is 36.6 Å². The van der Waals surface area contributed by atoms with Crippen molar-refractivity contribution < 1.29 is 14.4 Å². The van der Waals surface area contributed by atoms with Crippen LogP contribution in [0.2, 0.25) is 0 Å². The van der Waals surface area contributed by atoms with Gasteiger partial charge in [-0.25, -0.2) is 0 Å². The molecule has 2 aromatic rings. The van der Waals surface area contributed by atoms with Crippen LogP contribution < -0.4 is 11.1 Å². The summed E-state index contributed by atoms with van der Waals surface area (Å²) in [4.78, 5) is 35.2. The van der Waals surface area contributed by atoms with Crippen LogP contribution in [0.1, 0.15) is 32.3 Å². The van der Waals surface area contributed by atoms with Crippen molar-refractivity contribution in [1.29, 1.82) is 0 Å². The Kier molecular flexibility index (Phi) is 6.42. The summed E-state index contributed by atoms with van der Waals surface area (Å²) in [6.07, 6.45) is 0.917. The standard InChI is InChI=1S/C20H24N2O3/c1-13(23)12-18(21)20(25)22-14(2)19(24)11-10-16-8-5-7-15-6-3-4-9-17(15)16/h3-9,14,18H,10-12,21H2,1-2H3,(H,22,25)/t14-,18-/m0/s1. The summed E-state index contributed by atoms with van der Waals surface area (Å²) in [6, 6.07) is 12.6. The Balaban J connectivity index is 1.93. The molecule has 2 rings (SSSR count). The van der Waals surface area contributed by atoms with E-state index in [1.54, 1.807) is 6.92 Å². The number of fused-ring (bicyclic) bond motifs is 1. The smallest absolute Gasteiger partial charge is 0.237 e. The van der Waals surface area contributed by atoms with Crippen LogP contribution in [-0.4, -0.2) is 29.6 Å². The van der Waals surface area contributed by atoms with E-state index in [1.807, 2.05) is 42.5 Å². The fraction of sp³-hybridized carbons (Fsp3) is 0.350. The van der Waals surface area contributed by atoms with Crippen LogP contribution in [0.25, 0.3) is 10.8 Å². The molecule has 25 heavy (non-hydrogen) atoms. The molecule has 2 aromatic carbocycles. The zero-order valence-corrected chi connectivity index (χ0v) is 14.6. The zero-order chi connectivity index (χ0) is 18.4. The highest BCUT2D eigenvalue weighted by Crippen LogP contribution is 2.19. The molecular formula is C20H24N2O3. The molecule has 5 heteroatoms. The number of nitrogens with one attached hydrogen (secondary N) is 1. The summed E-state index contributed by atoms with van der Waals surface area (Å²) in [7, 11) is 0. The molecule has 3 N–H and O–H groups in total. The molecule has 0 fully saturated rings. The lowest BCUT2D eigenvalue weighted by Gasteiger charge is -2.16. The molecule has 0 heterocycles. The Morgan fingerprint density at radius 1 is 1.08 bits per heavy atom. The van der Waals surface area contributed by atoms with Crippen LogP contribution >= 0.6 is 0 Å². The Morgan fingerprint density at radius 2 is 1.76 bits per heavy atom. The minimum Gasteiger partial charge on any atom is -0.345 e. The third-order valence-electron chi connectivity index (χ3n) is 4.21. The van der Waals surface area contributed by atoms with Gasteiger partial charge in [0.15, 0.2) is 5.78 Å². The van der Waals surface area contributed by atoms with Crippen molar-refractivity contribution in [2.75, 3.05) is 0 Å². The number of aryl methyl sites for hydroxylation is 1. The largest absolute Gasteiger partial charge is 0.345 e. The molecule has 0 aromatic heterocycles. The maximum Gasteiger partial charge on any atom is 0.237 e. The second kappa shape index (κ2) is 8.53. The van der Waals surface area contributed by atoms with E-state index in [0.717, 1.165) is 16.3 Å². The third kappa shape index (κ3) is 5.22. The second-order valence-corrected chi connectivity index (χ2v) is 6.35. The highest BCUT2D eigenvalue weighted by Gasteiger charge is 2.20. The quantitative estimate of drug-likeness (QED) is 0.770. The molecule has 5 nitrogen and oxygen atoms in total. The van der Waals surface area contributed by atoms with Gasteiger partial charge in [-0.15, -0.1) is 0 Å². The second-order valence-electron chi connectivity index (χ2n) is 6.35. The maximum atomic E-state index is 12.3. The topological polar surface area (TPSA) is 89.3 Å². The molecule has 0 saturated carbocycles. The lowest BCUT2D eigenvalue weighted by Crippen LogP contribution is -2.47. The van der Waals surface area contributed by atoms with E-state index in [1.165, 1.54) is 6.92 Å². The first-order chi connectivity index (χ1) is 11.9. The van der Waals surface area contributed by atoms with Gasteiger partial charge >= 0.3 is 0 Å². The molecule has 0 radical (unpaired) electrons. The van der Waals surface area contributed by atoms with E-state index in [9.17, 15) is 14.4 Å². The summed E-state index contributed by atoms with van der Waals surface area (Å²) in [5.41, 5.74) is 6.76. The number of carbonyl (C=O) groups excluding carboxylic acids is 3. The number of benzene rings is 2. The Hall–Kier alpha value is -2.53. The van der Waals surface area contributed by atoms with E-state index in [4.69, 9.17) is 5.73 Å². The van der Waals surface area contributed by atoms with E-state index in [-0.39, 0.29) is 18.0 Å². The number of Topliss-reactive ketones (excluding diaryl/α,β-unsaturated/α-hetero) is 2. The number of hydrogen-bond acceptors (Lipinski definition) is 4. The molecule has 0 bridgehead atoms. The van der Waals surface area contributed by atoms with Gasteiger partial charge in [-0.1, -0.05) is 42.5 Å². The van der Waals surface area contributed by atoms with Crippen molar-refractivity contribution in [3.63, 3.8) is 0 Å². The van der Waals surface area contributed by atoms with Crippen molar-refractivity contribution in [2.45, 2.75) is 45.2 Å². The predicted octanol–water partition coefficient (Wildman–Crippen LogP) is 2.15. The van der Waals surface area contributed by atoms with Crippen LogP contribution in [0.5, 0.6) is 0 Å². The van der Waals surface area contributed by atoms with Gasteiger partial charge < -0.3 is 11.1 Å². The molecule has 0 spiro atoms. The molecule has 132 valence electrons. The number of nitrogens with two attached hydrogens (primary N) is 1. The van der Waals surface area contributed by atoms with Gasteiger partial charge in [-0.2, -0.15) is 0 Å². The van der Waals surface area contributed by atoms with Gasteiger partial charge in [0.1, 0.15) is 5.78 Å². The zero-order valence-electron chi connectivity index (χ0n) is 14.6. The molecular weight excluding hydrogens is 316 g/mol. The van der Waals surface area contributed by atoms with Crippen molar-refractivity contribution >= 4 is 28.2 Å². The Morgan fingerprint density at radius 3 is 2.48 bits per heavy atom. The number of hydrogen-bond donors (Lipinski definition) is 2. The highest BCUT2D eigenvalue weighted by atomic mass is 16.2. The van der Waals surface area contributed by atoms with Crippen LogP contribution in [0, 0.1) is 0 Å². The third-order valence-corrected chi connectivity index (χ3v) is 4.21. The van der Waals surface area contributed by atoms with Gasteiger partial charge in [0.05, 0.1) is 12.1 Å². The molecule has 1 amide bonds.